The maximum Gasteiger partial charge on any atom is 0.165 e. The lowest BCUT2D eigenvalue weighted by molar-refractivity contribution is 0.0931. The van der Waals surface area contributed by atoms with E-state index in [9.17, 15) is 4.79 Å². The van der Waals surface area contributed by atoms with Crippen LogP contribution in [0.2, 0.25) is 0 Å². The fraction of sp³-hybridized carbons (Fsp3) is 0.357. The van der Waals surface area contributed by atoms with Crippen molar-refractivity contribution < 1.29 is 4.79 Å². The second-order valence-corrected chi connectivity index (χ2v) is 3.94. The number of ketones is 1. The van der Waals surface area contributed by atoms with Crippen LogP contribution in [0.4, 0.5) is 0 Å². The quantitative estimate of drug-likeness (QED) is 0.536. The van der Waals surface area contributed by atoms with Crippen molar-refractivity contribution in [2.75, 3.05) is 0 Å². The van der Waals surface area contributed by atoms with E-state index >= 15 is 0 Å². The van der Waals surface area contributed by atoms with Crippen molar-refractivity contribution in [3.63, 3.8) is 0 Å². The average Bonchev–Trinajstić information content (AvgIpc) is 2.24. The van der Waals surface area contributed by atoms with Crippen LogP contribution < -0.4 is 0 Å². The summed E-state index contributed by atoms with van der Waals surface area (Å²) in [5, 5.41) is 0. The van der Waals surface area contributed by atoms with Gasteiger partial charge in [-0.15, -0.1) is 0 Å². The van der Waals surface area contributed by atoms with E-state index in [1.54, 1.807) is 0 Å². The zero-order valence-electron chi connectivity index (χ0n) is 9.66. The second-order valence-electron chi connectivity index (χ2n) is 3.94. The van der Waals surface area contributed by atoms with Gasteiger partial charge in [0.25, 0.3) is 0 Å². The van der Waals surface area contributed by atoms with E-state index in [1.165, 1.54) is 0 Å². The maximum atomic E-state index is 12.0. The first-order chi connectivity index (χ1) is 7.15. The summed E-state index contributed by atoms with van der Waals surface area (Å²) in [6.45, 7) is 5.96. The van der Waals surface area contributed by atoms with Gasteiger partial charge in [0.05, 0.1) is 0 Å². The molecule has 0 amide bonds. The Balaban J connectivity index is 2.76. The number of benzene rings is 1. The van der Waals surface area contributed by atoms with Crippen molar-refractivity contribution in [2.45, 2.75) is 27.2 Å². The highest BCUT2D eigenvalue weighted by molar-refractivity contribution is 5.97. The lowest BCUT2D eigenvalue weighted by atomic mass is 9.95. The standard InChI is InChI=1S/C14H18O/c1-4-5-8-12(3)14(15)13-9-6-7-11(2)10-13/h4-7,9-10,12H,8H2,1-3H3/b5-4+. The van der Waals surface area contributed by atoms with Gasteiger partial charge in [0, 0.05) is 11.5 Å². The molecule has 0 heterocycles. The summed E-state index contributed by atoms with van der Waals surface area (Å²) in [5.74, 6) is 0.305. The minimum atomic E-state index is 0.0722. The molecule has 1 aromatic carbocycles. The number of carbonyl (C=O) groups is 1. The van der Waals surface area contributed by atoms with Crippen molar-refractivity contribution >= 4 is 5.78 Å². The van der Waals surface area contributed by atoms with E-state index in [0.717, 1.165) is 17.5 Å². The largest absolute Gasteiger partial charge is 0.294 e. The summed E-state index contributed by atoms with van der Waals surface area (Å²) in [5.41, 5.74) is 1.96. The zero-order chi connectivity index (χ0) is 11.3. The summed E-state index contributed by atoms with van der Waals surface area (Å²) in [7, 11) is 0. The number of allylic oxidation sites excluding steroid dienone is 2. The predicted octanol–water partition coefficient (Wildman–Crippen LogP) is 3.78. The Hall–Kier alpha value is -1.37. The van der Waals surface area contributed by atoms with Crippen LogP contribution in [0.3, 0.4) is 0 Å². The second kappa shape index (κ2) is 5.50. The summed E-state index contributed by atoms with van der Waals surface area (Å²) in [6, 6.07) is 7.79. The minimum absolute atomic E-state index is 0.0722. The van der Waals surface area contributed by atoms with E-state index in [-0.39, 0.29) is 11.7 Å². The number of Topliss-reactive ketones (excluding diaryl/α,β-unsaturated/α-hetero) is 1. The highest BCUT2D eigenvalue weighted by atomic mass is 16.1. The summed E-state index contributed by atoms with van der Waals surface area (Å²) >= 11 is 0. The maximum absolute atomic E-state index is 12.0. The van der Waals surface area contributed by atoms with Crippen LogP contribution >= 0.6 is 0 Å². The Morgan fingerprint density at radius 2 is 2.20 bits per heavy atom. The van der Waals surface area contributed by atoms with E-state index in [2.05, 4.69) is 0 Å². The van der Waals surface area contributed by atoms with Crippen LogP contribution in [-0.4, -0.2) is 5.78 Å². The third kappa shape index (κ3) is 3.35. The molecular weight excluding hydrogens is 184 g/mol. The smallest absolute Gasteiger partial charge is 0.165 e. The fourth-order valence-electron chi connectivity index (χ4n) is 1.53. The molecule has 0 aliphatic carbocycles. The first-order valence-electron chi connectivity index (χ1n) is 5.37. The van der Waals surface area contributed by atoms with Crippen LogP contribution in [0.1, 0.15) is 36.2 Å². The molecule has 0 saturated carbocycles. The van der Waals surface area contributed by atoms with Gasteiger partial charge in [-0.3, -0.25) is 4.79 Å². The van der Waals surface area contributed by atoms with E-state index in [1.807, 2.05) is 57.2 Å². The lowest BCUT2D eigenvalue weighted by Gasteiger charge is -2.08. The topological polar surface area (TPSA) is 17.1 Å². The van der Waals surface area contributed by atoms with Gasteiger partial charge in [0.2, 0.25) is 0 Å². The summed E-state index contributed by atoms with van der Waals surface area (Å²) in [4.78, 5) is 12.0. The molecule has 0 aliphatic heterocycles. The van der Waals surface area contributed by atoms with E-state index < -0.39 is 0 Å². The molecule has 1 rings (SSSR count). The highest BCUT2D eigenvalue weighted by Crippen LogP contribution is 2.13. The highest BCUT2D eigenvalue weighted by Gasteiger charge is 2.13. The van der Waals surface area contributed by atoms with Crippen LogP contribution in [0.25, 0.3) is 0 Å². The predicted molar refractivity (Wildman–Crippen MR) is 64.1 cm³/mol. The zero-order valence-corrected chi connectivity index (χ0v) is 9.66. The molecular formula is C14H18O. The number of aryl methyl sites for hydroxylation is 1. The number of rotatable bonds is 4. The van der Waals surface area contributed by atoms with Crippen LogP contribution in [0.15, 0.2) is 36.4 Å². The molecule has 0 spiro atoms. The molecule has 0 fully saturated rings. The molecule has 80 valence electrons. The van der Waals surface area contributed by atoms with Gasteiger partial charge in [-0.25, -0.2) is 0 Å². The molecule has 0 bridgehead atoms. The Bertz CT molecular complexity index is 363. The molecule has 0 aliphatic rings. The summed E-state index contributed by atoms with van der Waals surface area (Å²) in [6.07, 6.45) is 4.85. The number of hydrogen-bond donors (Lipinski definition) is 0. The average molecular weight is 202 g/mol. The minimum Gasteiger partial charge on any atom is -0.294 e. The van der Waals surface area contributed by atoms with E-state index in [4.69, 9.17) is 0 Å². The number of hydrogen-bond acceptors (Lipinski definition) is 1. The molecule has 0 aromatic heterocycles. The molecule has 1 atom stereocenters. The van der Waals surface area contributed by atoms with Gasteiger partial charge in [0.1, 0.15) is 0 Å². The van der Waals surface area contributed by atoms with Gasteiger partial charge in [0.15, 0.2) is 5.78 Å². The molecule has 1 aromatic rings. The van der Waals surface area contributed by atoms with Gasteiger partial charge in [-0.05, 0) is 26.3 Å². The van der Waals surface area contributed by atoms with Gasteiger partial charge in [-0.1, -0.05) is 42.8 Å². The molecule has 1 unspecified atom stereocenters. The van der Waals surface area contributed by atoms with Crippen LogP contribution in [0, 0.1) is 12.8 Å². The summed E-state index contributed by atoms with van der Waals surface area (Å²) < 4.78 is 0. The monoisotopic (exact) mass is 202 g/mol. The van der Waals surface area contributed by atoms with Gasteiger partial charge in [-0.2, -0.15) is 0 Å². The van der Waals surface area contributed by atoms with Crippen molar-refractivity contribution in [1.29, 1.82) is 0 Å². The van der Waals surface area contributed by atoms with Gasteiger partial charge >= 0.3 is 0 Å². The van der Waals surface area contributed by atoms with Gasteiger partial charge < -0.3 is 0 Å². The third-order valence-electron chi connectivity index (χ3n) is 2.48. The lowest BCUT2D eigenvalue weighted by Crippen LogP contribution is -2.10. The van der Waals surface area contributed by atoms with Crippen molar-refractivity contribution in [3.05, 3.63) is 47.5 Å². The molecule has 0 N–H and O–H groups in total. The molecule has 1 nitrogen and oxygen atoms in total. The van der Waals surface area contributed by atoms with Crippen LogP contribution in [0.5, 0.6) is 0 Å². The Kier molecular flexibility index (Phi) is 4.29. The normalized spacial score (nSPS) is 13.0. The van der Waals surface area contributed by atoms with Crippen LogP contribution in [-0.2, 0) is 0 Å². The Morgan fingerprint density at radius 3 is 2.80 bits per heavy atom. The third-order valence-corrected chi connectivity index (χ3v) is 2.48. The van der Waals surface area contributed by atoms with Crippen molar-refractivity contribution in [2.24, 2.45) is 5.92 Å². The molecule has 0 saturated heterocycles. The molecule has 1 heteroatoms. The number of carbonyl (C=O) groups excluding carboxylic acids is 1. The first kappa shape index (κ1) is 11.7. The fourth-order valence-corrected chi connectivity index (χ4v) is 1.53. The Labute approximate surface area is 91.8 Å². The SMILES string of the molecule is C/C=C/CC(C)C(=O)c1cccc(C)c1. The van der Waals surface area contributed by atoms with Crippen molar-refractivity contribution in [1.82, 2.24) is 0 Å². The first-order valence-corrected chi connectivity index (χ1v) is 5.37. The van der Waals surface area contributed by atoms with E-state index in [0.29, 0.717) is 0 Å². The molecule has 15 heavy (non-hydrogen) atoms. The van der Waals surface area contributed by atoms with Crippen molar-refractivity contribution in [3.8, 4) is 0 Å². The molecule has 0 radical (unpaired) electrons. The Morgan fingerprint density at radius 1 is 1.47 bits per heavy atom.